The normalized spacial score (nSPS) is 17.1. The molecule has 86 valence electrons. The van der Waals surface area contributed by atoms with E-state index in [1.54, 1.807) is 29.0 Å². The number of carbonyl (C=O) groups is 1. The van der Waals surface area contributed by atoms with Crippen molar-refractivity contribution in [2.24, 2.45) is 0 Å². The monoisotopic (exact) mass is 249 g/mol. The molecule has 0 radical (unpaired) electrons. The molecule has 0 saturated heterocycles. The molecule has 1 heterocycles. The van der Waals surface area contributed by atoms with E-state index in [1.807, 2.05) is 12.1 Å². The van der Waals surface area contributed by atoms with E-state index in [9.17, 15) is 13.2 Å². The van der Waals surface area contributed by atoms with Gasteiger partial charge in [-0.1, -0.05) is 30.3 Å². The van der Waals surface area contributed by atoms with Gasteiger partial charge in [0.15, 0.2) is 5.75 Å². The van der Waals surface area contributed by atoms with E-state index in [0.717, 1.165) is 5.39 Å². The van der Waals surface area contributed by atoms with Crippen LogP contribution in [0.3, 0.4) is 0 Å². The molecule has 0 fully saturated rings. The summed E-state index contributed by atoms with van der Waals surface area (Å²) < 4.78 is 29.3. The zero-order valence-electron chi connectivity index (χ0n) is 8.51. The van der Waals surface area contributed by atoms with Crippen molar-refractivity contribution < 1.29 is 17.4 Å². The largest absolute Gasteiger partial charge is 0.410 e. The smallest absolute Gasteiger partial charge is 0.365 e. The summed E-state index contributed by atoms with van der Waals surface area (Å²) in [6.45, 7) is 0. The molecule has 1 aliphatic rings. The summed E-state index contributed by atoms with van der Waals surface area (Å²) in [5, 5.41) is 1.42. The number of carbonyl (C=O) groups excluding carboxylic acids is 1. The van der Waals surface area contributed by atoms with Crippen LogP contribution in [0.5, 0.6) is 5.75 Å². The molecule has 17 heavy (non-hydrogen) atoms. The van der Waals surface area contributed by atoms with Gasteiger partial charge in [-0.3, -0.25) is 4.79 Å². The Bertz CT molecular complexity index is 736. The highest BCUT2D eigenvalue weighted by Crippen LogP contribution is 2.32. The summed E-state index contributed by atoms with van der Waals surface area (Å²) in [5.74, 6) is -0.580. The minimum absolute atomic E-state index is 0.0897. The number of rotatable bonds is 0. The van der Waals surface area contributed by atoms with Crippen molar-refractivity contribution in [2.45, 2.75) is 0 Å². The third-order valence-corrected chi connectivity index (χ3v) is 3.36. The zero-order valence-corrected chi connectivity index (χ0v) is 9.32. The highest BCUT2D eigenvalue weighted by atomic mass is 32.2. The summed E-state index contributed by atoms with van der Waals surface area (Å²) in [7, 11) is -4.04. The summed E-state index contributed by atoms with van der Waals surface area (Å²) in [6.07, 6.45) is 0. The minimum atomic E-state index is -4.04. The summed E-state index contributed by atoms with van der Waals surface area (Å²) >= 11 is 0. The Hall–Kier alpha value is -2.08. The number of amides is 1. The SMILES string of the molecule is O=C1NS(=O)(=O)Oc2c1ccc1ccccc21. The Labute approximate surface area is 97.3 Å². The lowest BCUT2D eigenvalue weighted by molar-refractivity contribution is 0.0971. The van der Waals surface area contributed by atoms with E-state index >= 15 is 0 Å². The standard InChI is InChI=1S/C11H7NO4S/c13-11-9-6-5-7-3-1-2-4-8(7)10(9)16-17(14,15)12-11/h1-6H,(H,12,13). The average molecular weight is 249 g/mol. The van der Waals surface area contributed by atoms with E-state index in [1.165, 1.54) is 0 Å². The quantitative estimate of drug-likeness (QED) is 0.761. The van der Waals surface area contributed by atoms with Gasteiger partial charge in [-0.15, -0.1) is 0 Å². The molecule has 0 unspecified atom stereocenters. The third kappa shape index (κ3) is 1.53. The molecule has 5 nitrogen and oxygen atoms in total. The Kier molecular flexibility index (Phi) is 1.90. The van der Waals surface area contributed by atoms with Crippen molar-refractivity contribution in [3.05, 3.63) is 42.0 Å². The molecular formula is C11H7NO4S. The van der Waals surface area contributed by atoms with E-state index in [0.29, 0.717) is 5.39 Å². The molecule has 0 spiro atoms. The van der Waals surface area contributed by atoms with Crippen molar-refractivity contribution in [2.75, 3.05) is 0 Å². The van der Waals surface area contributed by atoms with E-state index in [4.69, 9.17) is 4.18 Å². The lowest BCUT2D eigenvalue weighted by atomic mass is 10.1. The number of benzene rings is 2. The lowest BCUT2D eigenvalue weighted by Gasteiger charge is -2.18. The Balaban J connectivity index is 2.40. The highest BCUT2D eigenvalue weighted by Gasteiger charge is 2.29. The van der Waals surface area contributed by atoms with E-state index in [2.05, 4.69) is 0 Å². The third-order valence-electron chi connectivity index (χ3n) is 2.53. The van der Waals surface area contributed by atoms with E-state index in [-0.39, 0.29) is 11.3 Å². The van der Waals surface area contributed by atoms with Crippen LogP contribution in [0.2, 0.25) is 0 Å². The second-order valence-electron chi connectivity index (χ2n) is 3.63. The molecular weight excluding hydrogens is 242 g/mol. The van der Waals surface area contributed by atoms with Gasteiger partial charge >= 0.3 is 10.3 Å². The number of hydrogen-bond donors (Lipinski definition) is 1. The highest BCUT2D eigenvalue weighted by molar-refractivity contribution is 7.85. The fourth-order valence-electron chi connectivity index (χ4n) is 1.81. The van der Waals surface area contributed by atoms with Gasteiger partial charge in [0.05, 0.1) is 5.56 Å². The number of hydrogen-bond acceptors (Lipinski definition) is 4. The van der Waals surface area contributed by atoms with Gasteiger partial charge in [0, 0.05) is 5.39 Å². The van der Waals surface area contributed by atoms with Gasteiger partial charge in [-0.2, -0.15) is 8.42 Å². The molecule has 3 rings (SSSR count). The molecule has 0 aromatic heterocycles. The first-order valence-electron chi connectivity index (χ1n) is 4.85. The predicted molar refractivity (Wildman–Crippen MR) is 61.0 cm³/mol. The van der Waals surface area contributed by atoms with Crippen LogP contribution in [-0.2, 0) is 10.3 Å². The fourth-order valence-corrected chi connectivity index (χ4v) is 2.59. The number of nitrogens with one attached hydrogen (secondary N) is 1. The second-order valence-corrected chi connectivity index (χ2v) is 4.91. The summed E-state index contributed by atoms with van der Waals surface area (Å²) in [5.41, 5.74) is 0.221. The van der Waals surface area contributed by atoms with Crippen molar-refractivity contribution in [1.82, 2.24) is 4.72 Å². The van der Waals surface area contributed by atoms with Gasteiger partial charge in [0.2, 0.25) is 0 Å². The van der Waals surface area contributed by atoms with Crippen molar-refractivity contribution in [1.29, 1.82) is 0 Å². The molecule has 2 aromatic rings. The van der Waals surface area contributed by atoms with Gasteiger partial charge in [-0.05, 0) is 11.5 Å². The van der Waals surface area contributed by atoms with Gasteiger partial charge in [0.25, 0.3) is 5.91 Å². The summed E-state index contributed by atoms with van der Waals surface area (Å²) in [6, 6.07) is 10.4. The molecule has 0 saturated carbocycles. The minimum Gasteiger partial charge on any atom is -0.365 e. The fraction of sp³-hybridized carbons (Fsp3) is 0. The Morgan fingerprint density at radius 3 is 2.65 bits per heavy atom. The van der Waals surface area contributed by atoms with Crippen molar-refractivity contribution in [3.63, 3.8) is 0 Å². The van der Waals surface area contributed by atoms with Crippen LogP contribution in [0.25, 0.3) is 10.8 Å². The van der Waals surface area contributed by atoms with Gasteiger partial charge < -0.3 is 4.18 Å². The molecule has 1 N–H and O–H groups in total. The molecule has 1 amide bonds. The van der Waals surface area contributed by atoms with Crippen molar-refractivity contribution in [3.8, 4) is 5.75 Å². The maximum absolute atomic E-state index is 11.6. The first-order chi connectivity index (χ1) is 8.07. The molecule has 2 aromatic carbocycles. The lowest BCUT2D eigenvalue weighted by Crippen LogP contribution is -2.38. The first-order valence-corrected chi connectivity index (χ1v) is 6.26. The molecule has 0 atom stereocenters. The maximum Gasteiger partial charge on any atom is 0.410 e. The first kappa shape index (κ1) is 10.1. The summed E-state index contributed by atoms with van der Waals surface area (Å²) in [4.78, 5) is 11.6. The Morgan fingerprint density at radius 2 is 1.82 bits per heavy atom. The van der Waals surface area contributed by atoms with Crippen LogP contribution >= 0.6 is 0 Å². The van der Waals surface area contributed by atoms with Crippen LogP contribution in [0.4, 0.5) is 0 Å². The number of fused-ring (bicyclic) bond motifs is 3. The van der Waals surface area contributed by atoms with Crippen LogP contribution < -0.4 is 8.91 Å². The Morgan fingerprint density at radius 1 is 1.06 bits per heavy atom. The molecule has 1 aliphatic heterocycles. The topological polar surface area (TPSA) is 72.5 Å². The van der Waals surface area contributed by atoms with Crippen molar-refractivity contribution >= 4 is 27.0 Å². The predicted octanol–water partition coefficient (Wildman–Crippen LogP) is 1.21. The average Bonchev–Trinajstić information content (AvgIpc) is 2.27. The zero-order chi connectivity index (χ0) is 12.0. The second kappa shape index (κ2) is 3.21. The van der Waals surface area contributed by atoms with E-state index < -0.39 is 16.2 Å². The molecule has 0 bridgehead atoms. The van der Waals surface area contributed by atoms with Crippen LogP contribution in [0, 0.1) is 0 Å². The molecule has 6 heteroatoms. The van der Waals surface area contributed by atoms with Crippen LogP contribution in [-0.4, -0.2) is 14.3 Å². The maximum atomic E-state index is 11.6. The van der Waals surface area contributed by atoms with Gasteiger partial charge in [-0.25, -0.2) is 4.72 Å². The van der Waals surface area contributed by atoms with Crippen LogP contribution in [0.1, 0.15) is 10.4 Å². The van der Waals surface area contributed by atoms with Gasteiger partial charge in [0.1, 0.15) is 0 Å². The molecule has 0 aliphatic carbocycles. The van der Waals surface area contributed by atoms with Crippen LogP contribution in [0.15, 0.2) is 36.4 Å².